The maximum atomic E-state index is 12.8. The average molecular weight is 428 g/mol. The van der Waals surface area contributed by atoms with Gasteiger partial charge in [-0.05, 0) is 37.0 Å². The summed E-state index contributed by atoms with van der Waals surface area (Å²) in [6.07, 6.45) is 4.56. The Bertz CT molecular complexity index is 1100. The van der Waals surface area contributed by atoms with Gasteiger partial charge in [-0.15, -0.1) is 4.40 Å². The van der Waals surface area contributed by atoms with Gasteiger partial charge in [-0.3, -0.25) is 4.79 Å². The van der Waals surface area contributed by atoms with E-state index < -0.39 is 10.0 Å². The number of sulfonamides is 1. The molecule has 30 heavy (non-hydrogen) atoms. The van der Waals surface area contributed by atoms with E-state index >= 15 is 0 Å². The Labute approximate surface area is 176 Å². The van der Waals surface area contributed by atoms with Crippen LogP contribution in [0.2, 0.25) is 0 Å². The molecule has 0 atom stereocenters. The van der Waals surface area contributed by atoms with Gasteiger partial charge in [0.05, 0.1) is 11.8 Å². The van der Waals surface area contributed by atoms with Crippen LogP contribution in [0.3, 0.4) is 0 Å². The van der Waals surface area contributed by atoms with E-state index in [2.05, 4.69) is 11.3 Å². The number of amides is 1. The summed E-state index contributed by atoms with van der Waals surface area (Å²) in [5.41, 5.74) is 3.01. The lowest BCUT2D eigenvalue weighted by Gasteiger charge is -2.23. The number of amidine groups is 1. The highest BCUT2D eigenvalue weighted by molar-refractivity contribution is 8.00. The molecule has 3 heterocycles. The van der Waals surface area contributed by atoms with E-state index in [1.165, 1.54) is 12.5 Å². The molecule has 1 aromatic carbocycles. The van der Waals surface area contributed by atoms with Crippen LogP contribution in [-0.4, -0.2) is 56.1 Å². The largest absolute Gasteiger partial charge is 0.472 e. The van der Waals surface area contributed by atoms with Crippen LogP contribution in [0.15, 0.2) is 57.2 Å². The number of carbonyl (C=O) groups is 1. The van der Waals surface area contributed by atoms with E-state index in [0.29, 0.717) is 48.7 Å². The van der Waals surface area contributed by atoms with Crippen LogP contribution in [0.4, 0.5) is 0 Å². The molecular formula is C22H25N3O4S. The van der Waals surface area contributed by atoms with Gasteiger partial charge >= 0.3 is 0 Å². The monoisotopic (exact) mass is 427 g/mol. The standard InChI is InChI=1S/C22H25N3O4S/c1-3-17-5-7-18(8-6-17)20-16(2)21(23-30(20,27)28)24-10-4-11-25(13-12-24)22(26)19-9-14-29-15-19/h5-9,14-15H,3-4,10-13H2,1-2H3. The molecule has 2 aromatic rings. The van der Waals surface area contributed by atoms with Gasteiger partial charge in [-0.1, -0.05) is 31.2 Å². The molecule has 0 saturated carbocycles. The van der Waals surface area contributed by atoms with Crippen LogP contribution < -0.4 is 0 Å². The molecular weight excluding hydrogens is 402 g/mol. The number of hydrogen-bond acceptors (Lipinski definition) is 5. The molecule has 0 bridgehead atoms. The van der Waals surface area contributed by atoms with Crippen molar-refractivity contribution in [1.82, 2.24) is 9.80 Å². The van der Waals surface area contributed by atoms with Gasteiger partial charge in [0, 0.05) is 31.8 Å². The van der Waals surface area contributed by atoms with Crippen LogP contribution in [0.25, 0.3) is 4.91 Å². The molecule has 1 amide bonds. The molecule has 0 aliphatic carbocycles. The highest BCUT2D eigenvalue weighted by Gasteiger charge is 2.34. The summed E-state index contributed by atoms with van der Waals surface area (Å²) in [7, 11) is -3.75. The Morgan fingerprint density at radius 1 is 1.10 bits per heavy atom. The van der Waals surface area contributed by atoms with Crippen LogP contribution in [0, 0.1) is 0 Å². The van der Waals surface area contributed by atoms with Crippen LogP contribution in [-0.2, 0) is 16.4 Å². The van der Waals surface area contributed by atoms with Crippen molar-refractivity contribution in [3.8, 4) is 0 Å². The smallest absolute Gasteiger partial charge is 0.285 e. The first-order valence-corrected chi connectivity index (χ1v) is 11.6. The number of nitrogens with zero attached hydrogens (tertiary/aromatic N) is 3. The Morgan fingerprint density at radius 2 is 1.87 bits per heavy atom. The van der Waals surface area contributed by atoms with Gasteiger partial charge in [0.2, 0.25) is 0 Å². The minimum Gasteiger partial charge on any atom is -0.472 e. The van der Waals surface area contributed by atoms with Crippen LogP contribution in [0.1, 0.15) is 41.8 Å². The lowest BCUT2D eigenvalue weighted by Crippen LogP contribution is -2.37. The Balaban J connectivity index is 1.56. The van der Waals surface area contributed by atoms with Crippen LogP contribution >= 0.6 is 0 Å². The fourth-order valence-corrected chi connectivity index (χ4v) is 5.46. The fourth-order valence-electron chi connectivity index (χ4n) is 3.98. The topological polar surface area (TPSA) is 83.2 Å². The maximum absolute atomic E-state index is 12.8. The van der Waals surface area contributed by atoms with Gasteiger partial charge in [0.1, 0.15) is 17.0 Å². The molecule has 0 spiro atoms. The normalized spacial score (nSPS) is 19.1. The predicted octanol–water partition coefficient (Wildman–Crippen LogP) is 3.16. The minimum absolute atomic E-state index is 0.0736. The summed E-state index contributed by atoms with van der Waals surface area (Å²) < 4.78 is 34.8. The van der Waals surface area contributed by atoms with E-state index in [0.717, 1.165) is 18.4 Å². The number of aryl methyl sites for hydroxylation is 1. The molecule has 158 valence electrons. The Kier molecular flexibility index (Phi) is 5.51. The molecule has 4 rings (SSSR count). The van der Waals surface area contributed by atoms with Crippen molar-refractivity contribution in [3.05, 3.63) is 65.1 Å². The summed E-state index contributed by atoms with van der Waals surface area (Å²) in [5, 5.41) is 0. The van der Waals surface area contributed by atoms with Gasteiger partial charge in [-0.25, -0.2) is 0 Å². The first-order valence-electron chi connectivity index (χ1n) is 10.1. The number of benzene rings is 1. The van der Waals surface area contributed by atoms with Gasteiger partial charge < -0.3 is 14.2 Å². The molecule has 1 aromatic heterocycles. The third-order valence-corrected chi connectivity index (χ3v) is 7.09. The second kappa shape index (κ2) is 8.10. The first kappa shape index (κ1) is 20.4. The Morgan fingerprint density at radius 3 is 2.53 bits per heavy atom. The van der Waals surface area contributed by atoms with Gasteiger partial charge in [0.15, 0.2) is 0 Å². The zero-order valence-corrected chi connectivity index (χ0v) is 18.0. The van der Waals surface area contributed by atoms with E-state index in [1.807, 2.05) is 36.1 Å². The van der Waals surface area contributed by atoms with Gasteiger partial charge in [0.25, 0.3) is 15.9 Å². The van der Waals surface area contributed by atoms with Crippen molar-refractivity contribution < 1.29 is 17.6 Å². The predicted molar refractivity (Wildman–Crippen MR) is 116 cm³/mol. The minimum atomic E-state index is -3.75. The SMILES string of the molecule is CCc1ccc(C2=C(C)C(N3CCCN(C(=O)c4ccoc4)CC3)=NS2(=O)=O)cc1. The molecule has 8 heteroatoms. The third kappa shape index (κ3) is 3.79. The van der Waals surface area contributed by atoms with Crippen molar-refractivity contribution >= 4 is 26.7 Å². The second-order valence-corrected chi connectivity index (χ2v) is 9.08. The summed E-state index contributed by atoms with van der Waals surface area (Å²) in [5.74, 6) is 0.415. The van der Waals surface area contributed by atoms with Crippen molar-refractivity contribution in [2.24, 2.45) is 4.40 Å². The number of furan rings is 1. The molecule has 0 radical (unpaired) electrons. The van der Waals surface area contributed by atoms with E-state index in [1.54, 1.807) is 11.0 Å². The lowest BCUT2D eigenvalue weighted by atomic mass is 10.1. The zero-order valence-electron chi connectivity index (χ0n) is 17.2. The van der Waals surface area contributed by atoms with Crippen molar-refractivity contribution in [3.63, 3.8) is 0 Å². The highest BCUT2D eigenvalue weighted by Crippen LogP contribution is 2.34. The summed E-state index contributed by atoms with van der Waals surface area (Å²) >= 11 is 0. The molecule has 0 unspecified atom stereocenters. The molecule has 1 fully saturated rings. The molecule has 2 aliphatic heterocycles. The average Bonchev–Trinajstić information content (AvgIpc) is 3.26. The number of carbonyl (C=O) groups excluding carboxylic acids is 1. The zero-order chi connectivity index (χ0) is 21.3. The van der Waals surface area contributed by atoms with Crippen molar-refractivity contribution in [2.45, 2.75) is 26.7 Å². The van der Waals surface area contributed by atoms with Gasteiger partial charge in [-0.2, -0.15) is 8.42 Å². The second-order valence-electron chi connectivity index (χ2n) is 7.54. The summed E-state index contributed by atoms with van der Waals surface area (Å²) in [4.78, 5) is 16.6. The van der Waals surface area contributed by atoms with Crippen LogP contribution in [0.5, 0.6) is 0 Å². The quantitative estimate of drug-likeness (QED) is 0.751. The maximum Gasteiger partial charge on any atom is 0.285 e. The molecule has 0 N–H and O–H groups in total. The Hall–Kier alpha value is -2.87. The number of hydrogen-bond donors (Lipinski definition) is 0. The summed E-state index contributed by atoms with van der Waals surface area (Å²) in [6.45, 7) is 6.14. The van der Waals surface area contributed by atoms with E-state index in [4.69, 9.17) is 4.42 Å². The molecule has 2 aliphatic rings. The van der Waals surface area contributed by atoms with E-state index in [9.17, 15) is 13.2 Å². The first-order chi connectivity index (χ1) is 14.4. The number of rotatable bonds is 3. The van der Waals surface area contributed by atoms with Crippen molar-refractivity contribution in [1.29, 1.82) is 0 Å². The van der Waals surface area contributed by atoms with Crippen molar-refractivity contribution in [2.75, 3.05) is 26.2 Å². The summed E-state index contributed by atoms with van der Waals surface area (Å²) in [6, 6.07) is 9.26. The lowest BCUT2D eigenvalue weighted by molar-refractivity contribution is 0.0763. The molecule has 1 saturated heterocycles. The highest BCUT2D eigenvalue weighted by atomic mass is 32.2. The van der Waals surface area contributed by atoms with E-state index in [-0.39, 0.29) is 10.8 Å². The third-order valence-electron chi connectivity index (χ3n) is 5.62. The molecule has 7 nitrogen and oxygen atoms in total. The fraction of sp³-hybridized carbons (Fsp3) is 0.364.